The third kappa shape index (κ3) is 2.81. The van der Waals surface area contributed by atoms with Crippen molar-refractivity contribution in [2.45, 2.75) is 31.8 Å². The van der Waals surface area contributed by atoms with Crippen LogP contribution in [-0.2, 0) is 6.54 Å². The van der Waals surface area contributed by atoms with Crippen molar-refractivity contribution in [2.75, 3.05) is 26.7 Å². The molecule has 2 fully saturated rings. The summed E-state index contributed by atoms with van der Waals surface area (Å²) in [5.41, 5.74) is 0.742. The zero-order valence-corrected chi connectivity index (χ0v) is 12.1. The van der Waals surface area contributed by atoms with E-state index in [2.05, 4.69) is 10.2 Å². The van der Waals surface area contributed by atoms with Gasteiger partial charge in [-0.05, 0) is 44.3 Å². The Morgan fingerprint density at radius 3 is 3.15 bits per heavy atom. The third-order valence-electron chi connectivity index (χ3n) is 4.63. The van der Waals surface area contributed by atoms with Crippen LogP contribution in [0.15, 0.2) is 18.2 Å². The van der Waals surface area contributed by atoms with Gasteiger partial charge in [0, 0.05) is 24.7 Å². The van der Waals surface area contributed by atoms with Crippen LogP contribution in [0.3, 0.4) is 0 Å². The van der Waals surface area contributed by atoms with Gasteiger partial charge in [0.2, 0.25) is 0 Å². The molecule has 0 bridgehead atoms. The Morgan fingerprint density at radius 2 is 2.30 bits per heavy atom. The van der Waals surface area contributed by atoms with Crippen LogP contribution in [0.1, 0.15) is 24.8 Å². The average molecular weight is 278 g/mol. The van der Waals surface area contributed by atoms with Crippen LogP contribution in [0.4, 0.5) is 4.39 Å². The number of hydrogen-bond donors (Lipinski definition) is 1. The number of nitrogens with one attached hydrogen (secondary N) is 1. The van der Waals surface area contributed by atoms with E-state index in [1.165, 1.54) is 26.4 Å². The molecule has 2 heterocycles. The van der Waals surface area contributed by atoms with Gasteiger partial charge in [0.15, 0.2) is 11.6 Å². The highest BCUT2D eigenvalue weighted by atomic mass is 19.1. The summed E-state index contributed by atoms with van der Waals surface area (Å²) in [6.07, 6.45) is 3.74. The minimum absolute atomic E-state index is 0.209. The van der Waals surface area contributed by atoms with Crippen LogP contribution in [-0.4, -0.2) is 37.7 Å². The standard InChI is InChI=1S/C16H23FN2O/c1-20-15-6-2-4-13(16(15)17)11-19-9-7-14-12(10-19)5-3-8-18-14/h2,4,6,12,14,18H,3,5,7-11H2,1H3. The van der Waals surface area contributed by atoms with Crippen molar-refractivity contribution in [3.63, 3.8) is 0 Å². The second-order valence-electron chi connectivity index (χ2n) is 5.92. The van der Waals surface area contributed by atoms with E-state index in [0.29, 0.717) is 18.3 Å². The number of piperidine rings is 2. The lowest BCUT2D eigenvalue weighted by molar-refractivity contribution is 0.108. The van der Waals surface area contributed by atoms with Gasteiger partial charge < -0.3 is 10.1 Å². The number of nitrogens with zero attached hydrogens (tertiary/aromatic N) is 1. The molecule has 1 N–H and O–H groups in total. The van der Waals surface area contributed by atoms with Gasteiger partial charge in [-0.15, -0.1) is 0 Å². The fourth-order valence-electron chi connectivity index (χ4n) is 3.54. The number of likely N-dealkylation sites (tertiary alicyclic amines) is 1. The largest absolute Gasteiger partial charge is 0.494 e. The van der Waals surface area contributed by atoms with Gasteiger partial charge in [-0.3, -0.25) is 4.90 Å². The maximum Gasteiger partial charge on any atom is 0.169 e. The topological polar surface area (TPSA) is 24.5 Å². The predicted octanol–water partition coefficient (Wildman–Crippen LogP) is 2.41. The summed E-state index contributed by atoms with van der Waals surface area (Å²) in [5, 5.41) is 3.61. The molecule has 0 aliphatic carbocycles. The summed E-state index contributed by atoms with van der Waals surface area (Å²) in [4.78, 5) is 2.38. The quantitative estimate of drug-likeness (QED) is 0.919. The lowest BCUT2D eigenvalue weighted by atomic mass is 9.85. The van der Waals surface area contributed by atoms with Gasteiger partial charge in [0.05, 0.1) is 7.11 Å². The Morgan fingerprint density at radius 1 is 1.40 bits per heavy atom. The van der Waals surface area contributed by atoms with Crippen LogP contribution in [0.25, 0.3) is 0 Å². The van der Waals surface area contributed by atoms with Crippen LogP contribution >= 0.6 is 0 Å². The summed E-state index contributed by atoms with van der Waals surface area (Å²) in [6, 6.07) is 6.08. The number of benzene rings is 1. The Hall–Kier alpha value is -1.13. The van der Waals surface area contributed by atoms with E-state index >= 15 is 0 Å². The molecule has 110 valence electrons. The zero-order chi connectivity index (χ0) is 13.9. The SMILES string of the molecule is COc1cccc(CN2CCC3NCCCC3C2)c1F. The smallest absolute Gasteiger partial charge is 0.169 e. The van der Waals surface area contributed by atoms with Crippen molar-refractivity contribution in [3.8, 4) is 5.75 Å². The highest BCUT2D eigenvalue weighted by molar-refractivity contribution is 5.31. The highest BCUT2D eigenvalue weighted by Crippen LogP contribution is 2.27. The van der Waals surface area contributed by atoms with Crippen molar-refractivity contribution in [1.29, 1.82) is 0 Å². The van der Waals surface area contributed by atoms with Crippen LogP contribution in [0, 0.1) is 11.7 Å². The van der Waals surface area contributed by atoms with E-state index in [0.717, 1.165) is 31.1 Å². The summed E-state index contributed by atoms with van der Waals surface area (Å²) < 4.78 is 19.3. The average Bonchev–Trinajstić information content (AvgIpc) is 2.49. The molecule has 3 nitrogen and oxygen atoms in total. The molecule has 2 unspecified atom stereocenters. The van der Waals surface area contributed by atoms with Gasteiger partial charge in [0.25, 0.3) is 0 Å². The fraction of sp³-hybridized carbons (Fsp3) is 0.625. The molecule has 2 atom stereocenters. The van der Waals surface area contributed by atoms with Gasteiger partial charge in [-0.1, -0.05) is 12.1 Å². The molecule has 0 spiro atoms. The monoisotopic (exact) mass is 278 g/mol. The molecular weight excluding hydrogens is 255 g/mol. The van der Waals surface area contributed by atoms with Crippen molar-refractivity contribution < 1.29 is 9.13 Å². The number of ether oxygens (including phenoxy) is 1. The first-order chi connectivity index (χ1) is 9.78. The third-order valence-corrected chi connectivity index (χ3v) is 4.63. The second kappa shape index (κ2) is 6.10. The Bertz CT molecular complexity index is 466. The number of methoxy groups -OCH3 is 1. The minimum Gasteiger partial charge on any atom is -0.494 e. The van der Waals surface area contributed by atoms with Crippen molar-refractivity contribution in [2.24, 2.45) is 5.92 Å². The molecule has 0 radical (unpaired) electrons. The van der Waals surface area contributed by atoms with E-state index in [9.17, 15) is 4.39 Å². The molecule has 3 rings (SSSR count). The number of halogens is 1. The molecule has 4 heteroatoms. The van der Waals surface area contributed by atoms with Crippen LogP contribution < -0.4 is 10.1 Å². The molecule has 2 aliphatic rings. The Labute approximate surface area is 120 Å². The molecule has 0 saturated carbocycles. The summed E-state index contributed by atoms with van der Waals surface area (Å²) in [6.45, 7) is 3.97. The van der Waals surface area contributed by atoms with Gasteiger partial charge in [-0.2, -0.15) is 0 Å². The normalized spacial score (nSPS) is 27.1. The minimum atomic E-state index is -0.209. The first-order valence-electron chi connectivity index (χ1n) is 7.55. The molecule has 0 aromatic heterocycles. The first kappa shape index (κ1) is 13.8. The molecule has 2 aliphatic heterocycles. The number of hydrogen-bond acceptors (Lipinski definition) is 3. The molecule has 20 heavy (non-hydrogen) atoms. The summed E-state index contributed by atoms with van der Waals surface area (Å²) >= 11 is 0. The Balaban J connectivity index is 1.66. The van der Waals surface area contributed by atoms with E-state index < -0.39 is 0 Å². The van der Waals surface area contributed by atoms with E-state index in [1.807, 2.05) is 12.1 Å². The van der Waals surface area contributed by atoms with Crippen molar-refractivity contribution in [3.05, 3.63) is 29.6 Å². The second-order valence-corrected chi connectivity index (χ2v) is 5.92. The molecular formula is C16H23FN2O. The number of rotatable bonds is 3. The van der Waals surface area contributed by atoms with Gasteiger partial charge >= 0.3 is 0 Å². The van der Waals surface area contributed by atoms with Crippen LogP contribution in [0.2, 0.25) is 0 Å². The van der Waals surface area contributed by atoms with Crippen LogP contribution in [0.5, 0.6) is 5.75 Å². The lowest BCUT2D eigenvalue weighted by Crippen LogP contribution is -2.51. The van der Waals surface area contributed by atoms with Crippen molar-refractivity contribution in [1.82, 2.24) is 10.2 Å². The zero-order valence-electron chi connectivity index (χ0n) is 12.1. The summed E-state index contributed by atoms with van der Waals surface area (Å²) in [5.74, 6) is 0.863. The fourth-order valence-corrected chi connectivity index (χ4v) is 3.54. The lowest BCUT2D eigenvalue weighted by Gasteiger charge is -2.41. The van der Waals surface area contributed by atoms with E-state index in [-0.39, 0.29) is 5.82 Å². The first-order valence-corrected chi connectivity index (χ1v) is 7.55. The molecule has 2 saturated heterocycles. The van der Waals surface area contributed by atoms with Gasteiger partial charge in [-0.25, -0.2) is 4.39 Å². The van der Waals surface area contributed by atoms with E-state index in [4.69, 9.17) is 4.74 Å². The molecule has 1 aromatic carbocycles. The van der Waals surface area contributed by atoms with E-state index in [1.54, 1.807) is 6.07 Å². The Kier molecular flexibility index (Phi) is 4.22. The maximum absolute atomic E-state index is 14.2. The predicted molar refractivity (Wildman–Crippen MR) is 77.4 cm³/mol. The molecule has 1 aromatic rings. The maximum atomic E-state index is 14.2. The summed E-state index contributed by atoms with van der Waals surface area (Å²) in [7, 11) is 1.52. The highest BCUT2D eigenvalue weighted by Gasteiger charge is 2.31. The number of fused-ring (bicyclic) bond motifs is 1. The molecule has 0 amide bonds. The van der Waals surface area contributed by atoms with Crippen molar-refractivity contribution >= 4 is 0 Å². The van der Waals surface area contributed by atoms with Gasteiger partial charge in [0.1, 0.15) is 0 Å².